The number of hydrogen-bond donors (Lipinski definition) is 2. The number of carbonyl (C=O) groups is 1. The van der Waals surface area contributed by atoms with Crippen molar-refractivity contribution in [1.29, 1.82) is 0 Å². The first-order valence-corrected chi connectivity index (χ1v) is 6.51. The SMILES string of the molecule is CC(=O)Nc1cccc(C(O)CN2CCOCC2)c1. The van der Waals surface area contributed by atoms with Crippen molar-refractivity contribution in [1.82, 2.24) is 4.90 Å². The molecule has 0 saturated carbocycles. The molecule has 1 atom stereocenters. The minimum absolute atomic E-state index is 0.111. The summed E-state index contributed by atoms with van der Waals surface area (Å²) in [7, 11) is 0. The van der Waals surface area contributed by atoms with Crippen LogP contribution < -0.4 is 5.32 Å². The maximum absolute atomic E-state index is 11.0. The molecule has 1 amide bonds. The van der Waals surface area contributed by atoms with Crippen molar-refractivity contribution in [2.24, 2.45) is 0 Å². The summed E-state index contributed by atoms with van der Waals surface area (Å²) >= 11 is 0. The van der Waals surface area contributed by atoms with Gasteiger partial charge in [0.2, 0.25) is 5.91 Å². The van der Waals surface area contributed by atoms with Crippen LogP contribution in [0.15, 0.2) is 24.3 Å². The van der Waals surface area contributed by atoms with E-state index in [1.807, 2.05) is 24.3 Å². The van der Waals surface area contributed by atoms with Crippen LogP contribution in [-0.4, -0.2) is 48.8 Å². The Bertz CT molecular complexity index is 430. The summed E-state index contributed by atoms with van der Waals surface area (Å²) < 4.78 is 5.28. The zero-order valence-corrected chi connectivity index (χ0v) is 11.1. The monoisotopic (exact) mass is 264 g/mol. The normalized spacial score (nSPS) is 18.0. The van der Waals surface area contributed by atoms with Gasteiger partial charge in [-0.2, -0.15) is 0 Å². The molecular formula is C14H20N2O3. The van der Waals surface area contributed by atoms with Gasteiger partial charge in [-0.15, -0.1) is 0 Å². The quantitative estimate of drug-likeness (QED) is 0.852. The fourth-order valence-corrected chi connectivity index (χ4v) is 2.16. The molecule has 2 N–H and O–H groups in total. The molecule has 1 aliphatic heterocycles. The molecule has 5 nitrogen and oxygen atoms in total. The molecule has 1 aromatic carbocycles. The van der Waals surface area contributed by atoms with Crippen molar-refractivity contribution in [3.63, 3.8) is 0 Å². The minimum Gasteiger partial charge on any atom is -0.387 e. The molecule has 1 unspecified atom stereocenters. The fraction of sp³-hybridized carbons (Fsp3) is 0.500. The number of hydrogen-bond acceptors (Lipinski definition) is 4. The van der Waals surface area contributed by atoms with Crippen molar-refractivity contribution < 1.29 is 14.6 Å². The second kappa shape index (κ2) is 6.65. The number of amides is 1. The van der Waals surface area contributed by atoms with Gasteiger partial charge in [0.15, 0.2) is 0 Å². The average molecular weight is 264 g/mol. The van der Waals surface area contributed by atoms with Crippen LogP contribution in [-0.2, 0) is 9.53 Å². The Hall–Kier alpha value is -1.43. The van der Waals surface area contributed by atoms with Crippen LogP contribution in [0, 0.1) is 0 Å². The molecule has 1 fully saturated rings. The van der Waals surface area contributed by atoms with Gasteiger partial charge in [-0.1, -0.05) is 12.1 Å². The van der Waals surface area contributed by atoms with E-state index in [0.29, 0.717) is 12.2 Å². The number of β-amino-alcohol motifs (C(OH)–C–C–N with tert-alkyl or cyclic N) is 1. The molecule has 104 valence electrons. The van der Waals surface area contributed by atoms with Crippen LogP contribution >= 0.6 is 0 Å². The van der Waals surface area contributed by atoms with E-state index in [1.165, 1.54) is 6.92 Å². The molecule has 2 rings (SSSR count). The number of aliphatic hydroxyl groups is 1. The van der Waals surface area contributed by atoms with E-state index in [1.54, 1.807) is 0 Å². The highest BCUT2D eigenvalue weighted by molar-refractivity contribution is 5.88. The molecule has 0 radical (unpaired) electrons. The number of aliphatic hydroxyl groups excluding tert-OH is 1. The van der Waals surface area contributed by atoms with Crippen LogP contribution in [0.5, 0.6) is 0 Å². The third-order valence-corrected chi connectivity index (χ3v) is 3.13. The molecule has 1 heterocycles. The Morgan fingerprint density at radius 1 is 1.47 bits per heavy atom. The first-order chi connectivity index (χ1) is 9.15. The Morgan fingerprint density at radius 2 is 2.21 bits per heavy atom. The first kappa shape index (κ1) is 14.0. The third-order valence-electron chi connectivity index (χ3n) is 3.13. The Labute approximate surface area is 113 Å². The Morgan fingerprint density at radius 3 is 2.89 bits per heavy atom. The molecule has 0 spiro atoms. The van der Waals surface area contributed by atoms with Gasteiger partial charge in [0.25, 0.3) is 0 Å². The zero-order valence-electron chi connectivity index (χ0n) is 11.1. The third kappa shape index (κ3) is 4.31. The van der Waals surface area contributed by atoms with Crippen molar-refractivity contribution in [2.75, 3.05) is 38.2 Å². The van der Waals surface area contributed by atoms with Crippen LogP contribution in [0.2, 0.25) is 0 Å². The van der Waals surface area contributed by atoms with Gasteiger partial charge in [-0.05, 0) is 17.7 Å². The van der Waals surface area contributed by atoms with Crippen LogP contribution in [0.4, 0.5) is 5.69 Å². The lowest BCUT2D eigenvalue weighted by Gasteiger charge is -2.28. The lowest BCUT2D eigenvalue weighted by Crippen LogP contribution is -2.38. The number of anilines is 1. The van der Waals surface area contributed by atoms with E-state index >= 15 is 0 Å². The van der Waals surface area contributed by atoms with Gasteiger partial charge in [-0.3, -0.25) is 9.69 Å². The lowest BCUT2D eigenvalue weighted by atomic mass is 10.1. The van der Waals surface area contributed by atoms with Crippen molar-refractivity contribution >= 4 is 11.6 Å². The van der Waals surface area contributed by atoms with Crippen molar-refractivity contribution in [3.05, 3.63) is 29.8 Å². The van der Waals surface area contributed by atoms with Crippen LogP contribution in [0.3, 0.4) is 0 Å². The van der Waals surface area contributed by atoms with E-state index in [4.69, 9.17) is 4.74 Å². The second-order valence-corrected chi connectivity index (χ2v) is 4.74. The maximum Gasteiger partial charge on any atom is 0.221 e. The number of morpholine rings is 1. The van der Waals surface area contributed by atoms with Crippen LogP contribution in [0.25, 0.3) is 0 Å². The molecule has 5 heteroatoms. The molecule has 19 heavy (non-hydrogen) atoms. The lowest BCUT2D eigenvalue weighted by molar-refractivity contribution is -0.114. The van der Waals surface area contributed by atoms with Crippen LogP contribution in [0.1, 0.15) is 18.6 Å². The number of benzene rings is 1. The molecule has 1 aromatic rings. The zero-order chi connectivity index (χ0) is 13.7. The summed E-state index contributed by atoms with van der Waals surface area (Å²) in [6.07, 6.45) is -0.549. The summed E-state index contributed by atoms with van der Waals surface area (Å²) in [5, 5.41) is 13.0. The summed E-state index contributed by atoms with van der Waals surface area (Å²) in [5.41, 5.74) is 1.53. The Balaban J connectivity index is 1.97. The molecule has 1 saturated heterocycles. The largest absolute Gasteiger partial charge is 0.387 e. The topological polar surface area (TPSA) is 61.8 Å². The van der Waals surface area contributed by atoms with Gasteiger partial charge in [0, 0.05) is 32.2 Å². The predicted molar refractivity (Wildman–Crippen MR) is 73.0 cm³/mol. The molecule has 0 aromatic heterocycles. The summed E-state index contributed by atoms with van der Waals surface area (Å²) in [6, 6.07) is 7.33. The number of ether oxygens (including phenoxy) is 1. The van der Waals surface area contributed by atoms with E-state index in [0.717, 1.165) is 31.9 Å². The predicted octanol–water partition coefficient (Wildman–Crippen LogP) is 1.01. The first-order valence-electron chi connectivity index (χ1n) is 6.51. The van der Waals surface area contributed by atoms with Gasteiger partial charge < -0.3 is 15.2 Å². The second-order valence-electron chi connectivity index (χ2n) is 4.74. The highest BCUT2D eigenvalue weighted by Gasteiger charge is 2.16. The Kier molecular flexibility index (Phi) is 4.90. The number of rotatable bonds is 4. The smallest absolute Gasteiger partial charge is 0.221 e. The van der Waals surface area contributed by atoms with E-state index in [-0.39, 0.29) is 5.91 Å². The van der Waals surface area contributed by atoms with E-state index in [9.17, 15) is 9.90 Å². The summed E-state index contributed by atoms with van der Waals surface area (Å²) in [5.74, 6) is -0.111. The maximum atomic E-state index is 11.0. The highest BCUT2D eigenvalue weighted by atomic mass is 16.5. The van der Waals surface area contributed by atoms with E-state index in [2.05, 4.69) is 10.2 Å². The van der Waals surface area contributed by atoms with Crippen molar-refractivity contribution in [2.45, 2.75) is 13.0 Å². The van der Waals surface area contributed by atoms with Gasteiger partial charge in [0.1, 0.15) is 0 Å². The standard InChI is InChI=1S/C14H20N2O3/c1-11(17)15-13-4-2-3-12(9-13)14(18)10-16-5-7-19-8-6-16/h2-4,9,14,18H,5-8,10H2,1H3,(H,15,17). The van der Waals surface area contributed by atoms with Gasteiger partial charge in [0.05, 0.1) is 19.3 Å². The molecule has 0 aliphatic carbocycles. The molecular weight excluding hydrogens is 244 g/mol. The summed E-state index contributed by atoms with van der Waals surface area (Å²) in [4.78, 5) is 13.2. The number of nitrogens with one attached hydrogen (secondary N) is 1. The average Bonchev–Trinajstić information content (AvgIpc) is 2.39. The minimum atomic E-state index is -0.549. The molecule has 0 bridgehead atoms. The van der Waals surface area contributed by atoms with E-state index < -0.39 is 6.10 Å². The van der Waals surface area contributed by atoms with Gasteiger partial charge >= 0.3 is 0 Å². The fourth-order valence-electron chi connectivity index (χ4n) is 2.16. The van der Waals surface area contributed by atoms with Crippen molar-refractivity contribution in [3.8, 4) is 0 Å². The molecule has 1 aliphatic rings. The number of carbonyl (C=O) groups excluding carboxylic acids is 1. The summed E-state index contributed by atoms with van der Waals surface area (Å²) in [6.45, 7) is 5.20. The highest BCUT2D eigenvalue weighted by Crippen LogP contribution is 2.19. The number of nitrogens with zero attached hydrogens (tertiary/aromatic N) is 1. The van der Waals surface area contributed by atoms with Gasteiger partial charge in [-0.25, -0.2) is 0 Å².